The number of aliphatic carboxylic acids is 1. The van der Waals surface area contributed by atoms with Gasteiger partial charge in [-0.1, -0.05) is 13.8 Å². The minimum atomic E-state index is -1.24. The predicted molar refractivity (Wildman–Crippen MR) is 78.7 cm³/mol. The number of nitrogens with zero attached hydrogens (tertiary/aromatic N) is 1. The van der Waals surface area contributed by atoms with E-state index in [2.05, 4.69) is 5.32 Å². The average Bonchev–Trinajstić information content (AvgIpc) is 2.47. The highest BCUT2D eigenvalue weighted by molar-refractivity contribution is 5.88. The molecule has 0 aromatic rings. The lowest BCUT2D eigenvalue weighted by molar-refractivity contribution is -0.148. The number of carboxylic acids is 1. The van der Waals surface area contributed by atoms with Gasteiger partial charge in [0.1, 0.15) is 5.54 Å². The Morgan fingerprint density at radius 3 is 2.52 bits per heavy atom. The Morgan fingerprint density at radius 1 is 1.33 bits per heavy atom. The van der Waals surface area contributed by atoms with Crippen LogP contribution in [0.4, 0.5) is 0 Å². The summed E-state index contributed by atoms with van der Waals surface area (Å²) >= 11 is 0. The minimum absolute atomic E-state index is 0.0755. The van der Waals surface area contributed by atoms with Crippen molar-refractivity contribution in [3.63, 3.8) is 0 Å². The number of hydrogen-bond acceptors (Lipinski definition) is 3. The molecule has 1 heterocycles. The normalized spacial score (nSPS) is 21.5. The van der Waals surface area contributed by atoms with Crippen LogP contribution in [-0.2, 0) is 14.4 Å². The lowest BCUT2D eigenvalue weighted by atomic mass is 9.93. The van der Waals surface area contributed by atoms with Crippen LogP contribution in [0.3, 0.4) is 0 Å². The molecule has 0 aromatic heterocycles. The second-order valence-corrected chi connectivity index (χ2v) is 5.91. The quantitative estimate of drug-likeness (QED) is 0.776. The van der Waals surface area contributed by atoms with E-state index in [-0.39, 0.29) is 17.7 Å². The number of likely N-dealkylation sites (tertiary alicyclic amines) is 1. The molecule has 0 aromatic carbocycles. The molecular weight excluding hydrogens is 272 g/mol. The van der Waals surface area contributed by atoms with E-state index in [0.29, 0.717) is 32.4 Å². The molecule has 0 radical (unpaired) electrons. The molecule has 2 atom stereocenters. The van der Waals surface area contributed by atoms with E-state index in [1.807, 2.05) is 6.92 Å². The largest absolute Gasteiger partial charge is 0.480 e. The van der Waals surface area contributed by atoms with Crippen molar-refractivity contribution in [2.24, 2.45) is 5.92 Å². The highest BCUT2D eigenvalue weighted by Crippen LogP contribution is 2.19. The van der Waals surface area contributed by atoms with Crippen LogP contribution in [0.15, 0.2) is 0 Å². The van der Waals surface area contributed by atoms with Crippen molar-refractivity contribution in [1.82, 2.24) is 10.2 Å². The number of amides is 2. The van der Waals surface area contributed by atoms with Gasteiger partial charge in [-0.05, 0) is 32.6 Å². The molecule has 1 saturated heterocycles. The Balaban J connectivity index is 2.66. The van der Waals surface area contributed by atoms with E-state index >= 15 is 0 Å². The Bertz CT molecular complexity index is 410. The Morgan fingerprint density at radius 2 is 2.00 bits per heavy atom. The van der Waals surface area contributed by atoms with Gasteiger partial charge in [-0.3, -0.25) is 9.59 Å². The lowest BCUT2D eigenvalue weighted by Crippen LogP contribution is -2.55. The molecule has 2 unspecified atom stereocenters. The Labute approximate surface area is 125 Å². The van der Waals surface area contributed by atoms with E-state index in [0.717, 1.165) is 12.8 Å². The van der Waals surface area contributed by atoms with Crippen molar-refractivity contribution in [2.45, 2.75) is 58.4 Å². The monoisotopic (exact) mass is 298 g/mol. The van der Waals surface area contributed by atoms with Gasteiger partial charge in [0.2, 0.25) is 11.8 Å². The van der Waals surface area contributed by atoms with Gasteiger partial charge < -0.3 is 15.3 Å². The molecule has 0 bridgehead atoms. The molecule has 6 heteroatoms. The third kappa shape index (κ3) is 4.44. The van der Waals surface area contributed by atoms with Gasteiger partial charge in [-0.25, -0.2) is 4.79 Å². The first kappa shape index (κ1) is 17.5. The highest BCUT2D eigenvalue weighted by atomic mass is 16.4. The summed E-state index contributed by atoms with van der Waals surface area (Å²) in [6, 6.07) is 0. The third-order valence-electron chi connectivity index (χ3n) is 4.19. The lowest BCUT2D eigenvalue weighted by Gasteiger charge is -2.34. The predicted octanol–water partition coefficient (Wildman–Crippen LogP) is 1.39. The number of hydrogen-bond donors (Lipinski definition) is 2. The smallest absolute Gasteiger partial charge is 0.329 e. The summed E-state index contributed by atoms with van der Waals surface area (Å²) in [7, 11) is 0. The summed E-state index contributed by atoms with van der Waals surface area (Å²) in [5.74, 6) is -1.54. The van der Waals surface area contributed by atoms with E-state index in [1.54, 1.807) is 11.8 Å². The zero-order valence-electron chi connectivity index (χ0n) is 13.1. The average molecular weight is 298 g/mol. The first-order valence-corrected chi connectivity index (χ1v) is 7.67. The highest BCUT2D eigenvalue weighted by Gasteiger charge is 2.36. The fourth-order valence-corrected chi connectivity index (χ4v) is 2.46. The third-order valence-corrected chi connectivity index (χ3v) is 4.19. The molecule has 120 valence electrons. The van der Waals surface area contributed by atoms with Crippen molar-refractivity contribution in [3.8, 4) is 0 Å². The summed E-state index contributed by atoms with van der Waals surface area (Å²) < 4.78 is 0. The maximum Gasteiger partial charge on any atom is 0.329 e. The van der Waals surface area contributed by atoms with E-state index in [1.165, 1.54) is 6.92 Å². The Hall–Kier alpha value is -1.59. The van der Waals surface area contributed by atoms with Crippen molar-refractivity contribution >= 4 is 17.8 Å². The van der Waals surface area contributed by atoms with Crippen LogP contribution in [0.1, 0.15) is 52.9 Å². The van der Waals surface area contributed by atoms with Gasteiger partial charge in [0.25, 0.3) is 0 Å². The van der Waals surface area contributed by atoms with Crippen LogP contribution in [0.2, 0.25) is 0 Å². The summed E-state index contributed by atoms with van der Waals surface area (Å²) in [4.78, 5) is 37.2. The van der Waals surface area contributed by atoms with Crippen LogP contribution in [0, 0.1) is 5.92 Å². The number of piperidine rings is 1. The topological polar surface area (TPSA) is 86.7 Å². The first-order valence-electron chi connectivity index (χ1n) is 7.67. The van der Waals surface area contributed by atoms with Crippen molar-refractivity contribution in [1.29, 1.82) is 0 Å². The number of carbonyl (C=O) groups excluding carboxylic acids is 2. The molecule has 0 saturated carbocycles. The van der Waals surface area contributed by atoms with Crippen LogP contribution in [-0.4, -0.2) is 46.4 Å². The maximum atomic E-state index is 12.3. The van der Waals surface area contributed by atoms with Crippen LogP contribution in [0.5, 0.6) is 0 Å². The first-order chi connectivity index (χ1) is 9.84. The molecule has 0 aliphatic carbocycles. The van der Waals surface area contributed by atoms with Gasteiger partial charge in [-0.2, -0.15) is 0 Å². The summed E-state index contributed by atoms with van der Waals surface area (Å²) in [5.41, 5.74) is -1.24. The number of rotatable bonds is 6. The van der Waals surface area contributed by atoms with E-state index in [4.69, 9.17) is 0 Å². The van der Waals surface area contributed by atoms with Crippen molar-refractivity contribution in [2.75, 3.05) is 13.1 Å². The van der Waals surface area contributed by atoms with Gasteiger partial charge in [0.05, 0.1) is 5.92 Å². The SMILES string of the molecule is CCCC(=O)N1CCCC(C(=O)NC(C)(CC)C(=O)O)C1. The molecule has 1 aliphatic heterocycles. The van der Waals surface area contributed by atoms with Crippen LogP contribution >= 0.6 is 0 Å². The van der Waals surface area contributed by atoms with E-state index in [9.17, 15) is 19.5 Å². The number of nitrogens with one attached hydrogen (secondary N) is 1. The fraction of sp³-hybridized carbons (Fsp3) is 0.800. The fourth-order valence-electron chi connectivity index (χ4n) is 2.46. The summed E-state index contributed by atoms with van der Waals surface area (Å²) in [6.07, 6.45) is 3.08. The summed E-state index contributed by atoms with van der Waals surface area (Å²) in [6.45, 7) is 6.27. The molecule has 1 fully saturated rings. The molecule has 1 rings (SSSR count). The number of carboxylic acid groups (broad SMARTS) is 1. The van der Waals surface area contributed by atoms with Crippen LogP contribution < -0.4 is 5.32 Å². The second kappa shape index (κ2) is 7.43. The molecule has 0 spiro atoms. The molecule has 2 amide bonds. The van der Waals surface area contributed by atoms with Gasteiger partial charge in [-0.15, -0.1) is 0 Å². The van der Waals surface area contributed by atoms with Gasteiger partial charge >= 0.3 is 5.97 Å². The molecule has 6 nitrogen and oxygen atoms in total. The summed E-state index contributed by atoms with van der Waals surface area (Å²) in [5, 5.41) is 11.8. The second-order valence-electron chi connectivity index (χ2n) is 5.91. The minimum Gasteiger partial charge on any atom is -0.480 e. The van der Waals surface area contributed by atoms with Crippen molar-refractivity contribution < 1.29 is 19.5 Å². The molecule has 21 heavy (non-hydrogen) atoms. The zero-order valence-corrected chi connectivity index (χ0v) is 13.1. The Kier molecular flexibility index (Phi) is 6.18. The zero-order chi connectivity index (χ0) is 16.0. The standard InChI is InChI=1S/C15H26N2O4/c1-4-7-12(18)17-9-6-8-11(10-17)13(19)16-15(3,5-2)14(20)21/h11H,4-10H2,1-3H3,(H,16,19)(H,20,21). The maximum absolute atomic E-state index is 12.3. The molecular formula is C15H26N2O4. The van der Waals surface area contributed by atoms with Crippen LogP contribution in [0.25, 0.3) is 0 Å². The van der Waals surface area contributed by atoms with Gasteiger partial charge in [0.15, 0.2) is 0 Å². The van der Waals surface area contributed by atoms with E-state index < -0.39 is 11.5 Å². The molecule has 2 N–H and O–H groups in total. The number of carbonyl (C=O) groups is 3. The van der Waals surface area contributed by atoms with Gasteiger partial charge in [0, 0.05) is 19.5 Å². The van der Waals surface area contributed by atoms with Crippen molar-refractivity contribution in [3.05, 3.63) is 0 Å². The molecule has 1 aliphatic rings.